The summed E-state index contributed by atoms with van der Waals surface area (Å²) < 4.78 is 1.79. The summed E-state index contributed by atoms with van der Waals surface area (Å²) in [6, 6.07) is 18.0. The Morgan fingerprint density at radius 2 is 1.75 bits per heavy atom. The summed E-state index contributed by atoms with van der Waals surface area (Å²) in [7, 11) is 0. The molecule has 0 atom stereocenters. The summed E-state index contributed by atoms with van der Waals surface area (Å²) in [4.78, 5) is 17.7. The first kappa shape index (κ1) is 13.7. The Bertz CT molecular complexity index is 1080. The highest BCUT2D eigenvalue weighted by molar-refractivity contribution is 5.97. The number of pyridine rings is 1. The van der Waals surface area contributed by atoms with Crippen molar-refractivity contribution in [1.82, 2.24) is 9.38 Å². The van der Waals surface area contributed by atoms with Gasteiger partial charge < -0.3 is 0 Å². The monoisotopic (exact) mass is 314 g/mol. The normalized spacial score (nSPS) is 15.7. The molecule has 0 radical (unpaired) electrons. The molecule has 1 aliphatic rings. The molecule has 0 aliphatic heterocycles. The van der Waals surface area contributed by atoms with Crippen LogP contribution in [0.25, 0.3) is 27.8 Å². The molecular formula is C21H18N2O. The summed E-state index contributed by atoms with van der Waals surface area (Å²) in [5, 5.41) is 1.19. The number of aromatic nitrogens is 2. The van der Waals surface area contributed by atoms with E-state index in [-0.39, 0.29) is 5.56 Å². The molecule has 0 bridgehead atoms. The molecule has 0 saturated heterocycles. The quantitative estimate of drug-likeness (QED) is 0.541. The molecule has 0 unspecified atom stereocenters. The second kappa shape index (κ2) is 5.17. The number of hydrogen-bond acceptors (Lipinski definition) is 2. The Morgan fingerprint density at radius 1 is 0.958 bits per heavy atom. The Kier molecular flexibility index (Phi) is 2.96. The fourth-order valence-electron chi connectivity index (χ4n) is 4.20. The highest BCUT2D eigenvalue weighted by Crippen LogP contribution is 2.38. The SMILES string of the molecule is O=c1cc(C2CCCC2)c2cccc3nc(-c4ccccc4)n1c32. The first-order chi connectivity index (χ1) is 11.8. The molecule has 0 N–H and O–H groups in total. The lowest BCUT2D eigenvalue weighted by atomic mass is 9.94. The fraction of sp³-hybridized carbons (Fsp3) is 0.238. The van der Waals surface area contributed by atoms with Gasteiger partial charge in [-0.2, -0.15) is 0 Å². The zero-order chi connectivity index (χ0) is 16.1. The van der Waals surface area contributed by atoms with E-state index in [2.05, 4.69) is 12.1 Å². The van der Waals surface area contributed by atoms with Gasteiger partial charge in [-0.3, -0.25) is 9.20 Å². The molecule has 4 aromatic rings. The van der Waals surface area contributed by atoms with Gasteiger partial charge in [0.2, 0.25) is 0 Å². The van der Waals surface area contributed by atoms with Crippen LogP contribution in [0.4, 0.5) is 0 Å². The van der Waals surface area contributed by atoms with Crippen molar-refractivity contribution in [3.63, 3.8) is 0 Å². The first-order valence-corrected chi connectivity index (χ1v) is 8.66. The van der Waals surface area contributed by atoms with E-state index >= 15 is 0 Å². The first-order valence-electron chi connectivity index (χ1n) is 8.66. The predicted molar refractivity (Wildman–Crippen MR) is 96.8 cm³/mol. The molecule has 2 heterocycles. The number of benzene rings is 2. The standard InChI is InChI=1S/C21H18N2O/c24-19-13-17(14-7-4-5-8-14)16-11-6-12-18-20(16)23(19)21(22-18)15-9-2-1-3-10-15/h1-3,6,9-14H,4-5,7-8H2. The van der Waals surface area contributed by atoms with Gasteiger partial charge in [-0.1, -0.05) is 55.3 Å². The molecular weight excluding hydrogens is 296 g/mol. The van der Waals surface area contributed by atoms with Crippen LogP contribution in [0.5, 0.6) is 0 Å². The maximum atomic E-state index is 12.9. The van der Waals surface area contributed by atoms with Crippen LogP contribution in [0.2, 0.25) is 0 Å². The minimum Gasteiger partial charge on any atom is -0.269 e. The van der Waals surface area contributed by atoms with Crippen molar-refractivity contribution >= 4 is 16.4 Å². The number of para-hydroxylation sites is 1. The molecule has 0 spiro atoms. The van der Waals surface area contributed by atoms with Crippen LogP contribution in [0.3, 0.4) is 0 Å². The fourth-order valence-corrected chi connectivity index (χ4v) is 4.20. The molecule has 118 valence electrons. The van der Waals surface area contributed by atoms with Crippen molar-refractivity contribution in [2.24, 2.45) is 0 Å². The van der Waals surface area contributed by atoms with E-state index in [4.69, 9.17) is 4.98 Å². The van der Waals surface area contributed by atoms with E-state index < -0.39 is 0 Å². The highest BCUT2D eigenvalue weighted by atomic mass is 16.1. The van der Waals surface area contributed by atoms with E-state index in [1.807, 2.05) is 42.5 Å². The lowest BCUT2D eigenvalue weighted by molar-refractivity contribution is 0.727. The highest BCUT2D eigenvalue weighted by Gasteiger charge is 2.23. The molecule has 5 rings (SSSR count). The molecule has 24 heavy (non-hydrogen) atoms. The van der Waals surface area contributed by atoms with Crippen LogP contribution >= 0.6 is 0 Å². The van der Waals surface area contributed by atoms with Crippen molar-refractivity contribution < 1.29 is 0 Å². The Labute approximate surface area is 139 Å². The second-order valence-corrected chi connectivity index (χ2v) is 6.73. The van der Waals surface area contributed by atoms with Gasteiger partial charge in [0.25, 0.3) is 5.56 Å². The van der Waals surface area contributed by atoms with Gasteiger partial charge in [0.1, 0.15) is 5.82 Å². The van der Waals surface area contributed by atoms with E-state index in [1.165, 1.54) is 36.6 Å². The van der Waals surface area contributed by atoms with Crippen LogP contribution in [-0.2, 0) is 0 Å². The van der Waals surface area contributed by atoms with E-state index in [0.29, 0.717) is 5.92 Å². The molecule has 1 fully saturated rings. The maximum absolute atomic E-state index is 12.9. The number of hydrogen-bond donors (Lipinski definition) is 0. The summed E-state index contributed by atoms with van der Waals surface area (Å²) in [5.41, 5.74) is 4.12. The van der Waals surface area contributed by atoms with Gasteiger partial charge in [0, 0.05) is 17.0 Å². The molecule has 1 aliphatic carbocycles. The van der Waals surface area contributed by atoms with Crippen molar-refractivity contribution in [3.05, 3.63) is 70.5 Å². The van der Waals surface area contributed by atoms with Crippen LogP contribution in [-0.4, -0.2) is 9.38 Å². The lowest BCUT2D eigenvalue weighted by Gasteiger charge is -2.13. The van der Waals surface area contributed by atoms with Crippen LogP contribution in [0, 0.1) is 0 Å². The lowest BCUT2D eigenvalue weighted by Crippen LogP contribution is -2.15. The zero-order valence-electron chi connectivity index (χ0n) is 13.4. The van der Waals surface area contributed by atoms with Gasteiger partial charge in [-0.15, -0.1) is 0 Å². The van der Waals surface area contributed by atoms with E-state index in [0.717, 1.165) is 22.4 Å². The summed E-state index contributed by atoms with van der Waals surface area (Å²) in [6.07, 6.45) is 4.91. The molecule has 3 nitrogen and oxygen atoms in total. The van der Waals surface area contributed by atoms with Crippen LogP contribution in [0.15, 0.2) is 59.4 Å². The maximum Gasteiger partial charge on any atom is 0.257 e. The predicted octanol–water partition coefficient (Wildman–Crippen LogP) is 4.61. The molecule has 0 amide bonds. The second-order valence-electron chi connectivity index (χ2n) is 6.73. The van der Waals surface area contributed by atoms with Crippen molar-refractivity contribution in [1.29, 1.82) is 0 Å². The number of rotatable bonds is 2. The number of nitrogens with zero attached hydrogens (tertiary/aromatic N) is 2. The van der Waals surface area contributed by atoms with Crippen molar-refractivity contribution in [3.8, 4) is 11.4 Å². The topological polar surface area (TPSA) is 34.4 Å². The summed E-state index contributed by atoms with van der Waals surface area (Å²) >= 11 is 0. The summed E-state index contributed by atoms with van der Waals surface area (Å²) in [6.45, 7) is 0. The van der Waals surface area contributed by atoms with E-state index in [1.54, 1.807) is 4.40 Å². The average molecular weight is 314 g/mol. The molecule has 1 saturated carbocycles. The van der Waals surface area contributed by atoms with Crippen molar-refractivity contribution in [2.45, 2.75) is 31.6 Å². The third-order valence-electron chi connectivity index (χ3n) is 5.31. The average Bonchev–Trinajstić information content (AvgIpc) is 3.27. The van der Waals surface area contributed by atoms with E-state index in [9.17, 15) is 4.79 Å². The Morgan fingerprint density at radius 3 is 2.54 bits per heavy atom. The van der Waals surface area contributed by atoms with Gasteiger partial charge >= 0.3 is 0 Å². The minimum absolute atomic E-state index is 0.0388. The zero-order valence-corrected chi connectivity index (χ0v) is 13.4. The third kappa shape index (κ3) is 1.91. The van der Waals surface area contributed by atoms with Gasteiger partial charge in [-0.05, 0) is 30.4 Å². The summed E-state index contributed by atoms with van der Waals surface area (Å²) in [5.74, 6) is 1.26. The Hall–Kier alpha value is -2.68. The molecule has 3 heteroatoms. The van der Waals surface area contributed by atoms with Gasteiger partial charge in [0.15, 0.2) is 0 Å². The number of imidazole rings is 1. The third-order valence-corrected chi connectivity index (χ3v) is 5.31. The molecule has 2 aromatic carbocycles. The largest absolute Gasteiger partial charge is 0.269 e. The smallest absolute Gasteiger partial charge is 0.257 e. The molecule has 2 aromatic heterocycles. The van der Waals surface area contributed by atoms with Gasteiger partial charge in [-0.25, -0.2) is 4.98 Å². The van der Waals surface area contributed by atoms with Crippen LogP contribution < -0.4 is 5.56 Å². The van der Waals surface area contributed by atoms with Gasteiger partial charge in [0.05, 0.1) is 11.0 Å². The van der Waals surface area contributed by atoms with Crippen molar-refractivity contribution in [2.75, 3.05) is 0 Å². The minimum atomic E-state index is 0.0388. The van der Waals surface area contributed by atoms with Crippen LogP contribution in [0.1, 0.15) is 37.2 Å². The Balaban J connectivity index is 1.88.